The Balaban J connectivity index is 1.68. The number of anilines is 1. The Hall–Kier alpha value is -1.92. The van der Waals surface area contributed by atoms with Crippen molar-refractivity contribution in [2.24, 2.45) is 0 Å². The number of nitrogens with one attached hydrogen (secondary N) is 1. The van der Waals surface area contributed by atoms with Crippen molar-refractivity contribution >= 4 is 5.82 Å². The van der Waals surface area contributed by atoms with E-state index in [2.05, 4.69) is 27.1 Å². The third-order valence-corrected chi connectivity index (χ3v) is 4.50. The van der Waals surface area contributed by atoms with E-state index in [1.165, 1.54) is 0 Å². The summed E-state index contributed by atoms with van der Waals surface area (Å²) >= 11 is 0. The van der Waals surface area contributed by atoms with Gasteiger partial charge in [-0.3, -0.25) is 0 Å². The molecule has 23 heavy (non-hydrogen) atoms. The molecule has 0 bridgehead atoms. The topological polar surface area (TPSA) is 63.4 Å². The number of furan rings is 1. The predicted octanol–water partition coefficient (Wildman–Crippen LogP) is 2.32. The molecule has 0 radical (unpaired) electrons. The fourth-order valence-electron chi connectivity index (χ4n) is 3.07. The van der Waals surface area contributed by atoms with E-state index in [9.17, 15) is 0 Å². The maximum atomic E-state index is 5.57. The molecule has 0 amide bonds. The number of methoxy groups -OCH3 is 1. The van der Waals surface area contributed by atoms with Crippen LogP contribution in [-0.4, -0.2) is 42.3 Å². The summed E-state index contributed by atoms with van der Waals surface area (Å²) in [5.74, 6) is 0.972. The van der Waals surface area contributed by atoms with Gasteiger partial charge in [-0.25, -0.2) is 9.97 Å². The minimum absolute atomic E-state index is 0.237. The van der Waals surface area contributed by atoms with Crippen molar-refractivity contribution in [1.29, 1.82) is 0 Å². The highest BCUT2D eigenvalue weighted by atomic mass is 16.5. The third-order valence-electron chi connectivity index (χ3n) is 4.50. The summed E-state index contributed by atoms with van der Waals surface area (Å²) in [6.07, 6.45) is 6.35. The fraction of sp³-hybridized carbons (Fsp3) is 0.529. The quantitative estimate of drug-likeness (QED) is 0.882. The number of hydrogen-bond acceptors (Lipinski definition) is 6. The van der Waals surface area contributed by atoms with Crippen molar-refractivity contribution < 1.29 is 9.15 Å². The SMILES string of the molecule is CO[C@H]1C[C@@H](CNC(C)c2ccoc2)N(c2cc(C)ncn2)C1. The van der Waals surface area contributed by atoms with Gasteiger partial charge in [-0.05, 0) is 26.3 Å². The summed E-state index contributed by atoms with van der Waals surface area (Å²) < 4.78 is 10.7. The van der Waals surface area contributed by atoms with Gasteiger partial charge in [0.05, 0.1) is 18.6 Å². The molecule has 2 aromatic heterocycles. The van der Waals surface area contributed by atoms with Crippen LogP contribution in [0.25, 0.3) is 0 Å². The molecule has 3 atom stereocenters. The number of aryl methyl sites for hydroxylation is 1. The van der Waals surface area contributed by atoms with Crippen LogP contribution in [0.2, 0.25) is 0 Å². The summed E-state index contributed by atoms with van der Waals surface area (Å²) in [6, 6.07) is 4.63. The fourth-order valence-corrected chi connectivity index (χ4v) is 3.07. The average molecular weight is 316 g/mol. The van der Waals surface area contributed by atoms with Gasteiger partial charge in [0.15, 0.2) is 0 Å². The van der Waals surface area contributed by atoms with Gasteiger partial charge in [0, 0.05) is 49.6 Å². The van der Waals surface area contributed by atoms with Crippen molar-refractivity contribution in [3.05, 3.63) is 42.2 Å². The first kappa shape index (κ1) is 16.0. The van der Waals surface area contributed by atoms with Crippen LogP contribution in [-0.2, 0) is 4.74 Å². The largest absolute Gasteiger partial charge is 0.472 e. The average Bonchev–Trinajstić information content (AvgIpc) is 3.22. The summed E-state index contributed by atoms with van der Waals surface area (Å²) in [5, 5.41) is 3.59. The number of nitrogens with zero attached hydrogens (tertiary/aromatic N) is 3. The summed E-state index contributed by atoms with van der Waals surface area (Å²) in [5.41, 5.74) is 2.14. The maximum absolute atomic E-state index is 5.57. The molecule has 0 aliphatic carbocycles. The van der Waals surface area contributed by atoms with Crippen LogP contribution in [0, 0.1) is 6.92 Å². The molecule has 6 heteroatoms. The molecule has 1 aliphatic heterocycles. The number of rotatable bonds is 6. The van der Waals surface area contributed by atoms with Crippen LogP contribution in [0.5, 0.6) is 0 Å². The Kier molecular flexibility index (Phi) is 4.93. The lowest BCUT2D eigenvalue weighted by Gasteiger charge is -2.27. The molecule has 0 saturated carbocycles. The van der Waals surface area contributed by atoms with Gasteiger partial charge in [-0.1, -0.05) is 0 Å². The highest BCUT2D eigenvalue weighted by Crippen LogP contribution is 2.26. The van der Waals surface area contributed by atoms with E-state index in [0.29, 0.717) is 6.04 Å². The van der Waals surface area contributed by atoms with E-state index >= 15 is 0 Å². The molecule has 3 rings (SSSR count). The lowest BCUT2D eigenvalue weighted by molar-refractivity contribution is 0.118. The molecule has 1 N–H and O–H groups in total. The molecule has 6 nitrogen and oxygen atoms in total. The summed E-state index contributed by atoms with van der Waals surface area (Å²) in [4.78, 5) is 10.9. The number of hydrogen-bond donors (Lipinski definition) is 1. The predicted molar refractivity (Wildman–Crippen MR) is 88.4 cm³/mol. The van der Waals surface area contributed by atoms with E-state index in [-0.39, 0.29) is 12.1 Å². The first-order valence-corrected chi connectivity index (χ1v) is 8.01. The minimum Gasteiger partial charge on any atom is -0.472 e. The van der Waals surface area contributed by atoms with Gasteiger partial charge in [-0.2, -0.15) is 0 Å². The highest BCUT2D eigenvalue weighted by Gasteiger charge is 2.33. The first-order valence-electron chi connectivity index (χ1n) is 8.01. The van der Waals surface area contributed by atoms with Gasteiger partial charge < -0.3 is 19.4 Å². The molecule has 3 heterocycles. The van der Waals surface area contributed by atoms with Crippen LogP contribution in [0.3, 0.4) is 0 Å². The maximum Gasteiger partial charge on any atom is 0.132 e. The van der Waals surface area contributed by atoms with Crippen LogP contribution >= 0.6 is 0 Å². The molecule has 1 unspecified atom stereocenters. The molecule has 1 saturated heterocycles. The Bertz CT molecular complexity index is 617. The molecule has 1 fully saturated rings. The Morgan fingerprint density at radius 3 is 3.04 bits per heavy atom. The molecule has 1 aliphatic rings. The third kappa shape index (κ3) is 3.71. The van der Waals surface area contributed by atoms with E-state index in [1.54, 1.807) is 26.0 Å². The standard InChI is InChI=1S/C17H24N4O2/c1-12-6-17(20-11-19-12)21-9-16(22-3)7-15(21)8-18-13(2)14-4-5-23-10-14/h4-6,10-11,13,15-16,18H,7-9H2,1-3H3/t13?,15-,16-/m0/s1. The zero-order chi connectivity index (χ0) is 16.2. The number of aromatic nitrogens is 2. The molecular weight excluding hydrogens is 292 g/mol. The van der Waals surface area contributed by atoms with Crippen LogP contribution in [0.15, 0.2) is 35.4 Å². The number of ether oxygens (including phenoxy) is 1. The van der Waals surface area contributed by atoms with E-state index < -0.39 is 0 Å². The van der Waals surface area contributed by atoms with E-state index in [1.807, 2.05) is 19.1 Å². The molecule has 124 valence electrons. The van der Waals surface area contributed by atoms with Crippen molar-refractivity contribution in [1.82, 2.24) is 15.3 Å². The molecule has 0 spiro atoms. The van der Waals surface area contributed by atoms with Crippen molar-refractivity contribution in [2.75, 3.05) is 25.1 Å². The van der Waals surface area contributed by atoms with Gasteiger partial charge in [0.1, 0.15) is 12.1 Å². The van der Waals surface area contributed by atoms with Gasteiger partial charge in [-0.15, -0.1) is 0 Å². The molecule has 0 aromatic carbocycles. The van der Waals surface area contributed by atoms with Crippen molar-refractivity contribution in [3.63, 3.8) is 0 Å². The van der Waals surface area contributed by atoms with E-state index in [4.69, 9.17) is 9.15 Å². The Labute approximate surface area is 136 Å². The second-order valence-electron chi connectivity index (χ2n) is 6.10. The Morgan fingerprint density at radius 2 is 2.35 bits per heavy atom. The highest BCUT2D eigenvalue weighted by molar-refractivity contribution is 5.42. The zero-order valence-electron chi connectivity index (χ0n) is 13.9. The molecule has 2 aromatic rings. The van der Waals surface area contributed by atoms with E-state index in [0.717, 1.165) is 36.6 Å². The monoisotopic (exact) mass is 316 g/mol. The van der Waals surface area contributed by atoms with Crippen LogP contribution in [0.1, 0.15) is 30.6 Å². The normalized spacial score (nSPS) is 22.5. The van der Waals surface area contributed by atoms with Gasteiger partial charge in [0.25, 0.3) is 0 Å². The Morgan fingerprint density at radius 1 is 1.48 bits per heavy atom. The first-order chi connectivity index (χ1) is 11.2. The lowest BCUT2D eigenvalue weighted by Crippen LogP contribution is -2.39. The second-order valence-corrected chi connectivity index (χ2v) is 6.10. The van der Waals surface area contributed by atoms with Crippen molar-refractivity contribution in [2.45, 2.75) is 38.5 Å². The van der Waals surface area contributed by atoms with Crippen LogP contribution < -0.4 is 10.2 Å². The second kappa shape index (κ2) is 7.10. The van der Waals surface area contributed by atoms with Crippen LogP contribution in [0.4, 0.5) is 5.82 Å². The lowest BCUT2D eigenvalue weighted by atomic mass is 10.1. The van der Waals surface area contributed by atoms with Crippen molar-refractivity contribution in [3.8, 4) is 0 Å². The minimum atomic E-state index is 0.237. The van der Waals surface area contributed by atoms with Gasteiger partial charge in [0.2, 0.25) is 0 Å². The molecular formula is C17H24N4O2. The summed E-state index contributed by atoms with van der Waals surface area (Å²) in [7, 11) is 1.78. The van der Waals surface area contributed by atoms with Gasteiger partial charge >= 0.3 is 0 Å². The zero-order valence-corrected chi connectivity index (χ0v) is 13.9. The smallest absolute Gasteiger partial charge is 0.132 e. The summed E-state index contributed by atoms with van der Waals surface area (Å²) in [6.45, 7) is 5.87.